The number of benzene rings is 1. The van der Waals surface area contributed by atoms with Crippen LogP contribution in [0.25, 0.3) is 0 Å². The number of nitrogens with one attached hydrogen (secondary N) is 1. The summed E-state index contributed by atoms with van der Waals surface area (Å²) in [5.41, 5.74) is 1.13. The van der Waals surface area contributed by atoms with E-state index in [4.69, 9.17) is 9.47 Å². The Bertz CT molecular complexity index is 421. The zero-order chi connectivity index (χ0) is 14.8. The van der Waals surface area contributed by atoms with Gasteiger partial charge in [0, 0.05) is 32.8 Å². The van der Waals surface area contributed by atoms with E-state index in [1.54, 1.807) is 14.2 Å². The van der Waals surface area contributed by atoms with Gasteiger partial charge in [-0.1, -0.05) is 18.2 Å². The van der Waals surface area contributed by atoms with Crippen LogP contribution in [0, 0.1) is 0 Å². The molecule has 0 aliphatic carbocycles. The smallest absolute Gasteiger partial charge is 0.194 e. The predicted molar refractivity (Wildman–Crippen MR) is 82.3 cm³/mol. The Morgan fingerprint density at radius 1 is 1.30 bits per heavy atom. The summed E-state index contributed by atoms with van der Waals surface area (Å²) < 4.78 is 10.4. The Kier molecular flexibility index (Phi) is 7.50. The molecular weight excluding hydrogens is 254 g/mol. The van der Waals surface area contributed by atoms with Gasteiger partial charge in [0.2, 0.25) is 0 Å². The number of rotatable bonds is 7. The molecule has 1 rings (SSSR count). The van der Waals surface area contributed by atoms with Crippen LogP contribution < -0.4 is 10.1 Å². The SMILES string of the molecule is CCNC(=NCCOC)N(C)Cc1ccccc1OC. The molecule has 0 fully saturated rings. The number of nitrogens with zero attached hydrogens (tertiary/aromatic N) is 2. The van der Waals surface area contributed by atoms with Crippen molar-refractivity contribution in [1.82, 2.24) is 10.2 Å². The average molecular weight is 279 g/mol. The first-order valence-electron chi connectivity index (χ1n) is 6.83. The molecule has 1 N–H and O–H groups in total. The first kappa shape index (κ1) is 16.3. The number of aliphatic imine (C=N–C) groups is 1. The predicted octanol–water partition coefficient (Wildman–Crippen LogP) is 1.74. The van der Waals surface area contributed by atoms with Crippen molar-refractivity contribution in [2.75, 3.05) is 41.0 Å². The maximum absolute atomic E-state index is 5.38. The number of guanidine groups is 1. The van der Waals surface area contributed by atoms with Gasteiger partial charge in [0.05, 0.1) is 20.3 Å². The lowest BCUT2D eigenvalue weighted by molar-refractivity contribution is 0.207. The molecule has 0 saturated heterocycles. The monoisotopic (exact) mass is 279 g/mol. The molecule has 0 radical (unpaired) electrons. The molecular formula is C15H25N3O2. The van der Waals surface area contributed by atoms with E-state index in [1.165, 1.54) is 0 Å². The van der Waals surface area contributed by atoms with Crippen LogP contribution in [-0.2, 0) is 11.3 Å². The van der Waals surface area contributed by atoms with Crippen LogP contribution in [0.15, 0.2) is 29.3 Å². The molecule has 0 aliphatic rings. The Morgan fingerprint density at radius 3 is 2.70 bits per heavy atom. The van der Waals surface area contributed by atoms with Crippen LogP contribution in [0.4, 0.5) is 0 Å². The highest BCUT2D eigenvalue weighted by Gasteiger charge is 2.09. The molecule has 0 amide bonds. The molecule has 5 nitrogen and oxygen atoms in total. The minimum atomic E-state index is 0.622. The largest absolute Gasteiger partial charge is 0.496 e. The molecule has 0 aromatic heterocycles. The first-order chi connectivity index (χ1) is 9.72. The first-order valence-corrected chi connectivity index (χ1v) is 6.83. The van der Waals surface area contributed by atoms with Crippen molar-refractivity contribution in [2.24, 2.45) is 4.99 Å². The van der Waals surface area contributed by atoms with Gasteiger partial charge in [0.25, 0.3) is 0 Å². The minimum Gasteiger partial charge on any atom is -0.496 e. The average Bonchev–Trinajstić information content (AvgIpc) is 2.47. The number of ether oxygens (including phenoxy) is 2. The van der Waals surface area contributed by atoms with Gasteiger partial charge in [0.15, 0.2) is 5.96 Å². The highest BCUT2D eigenvalue weighted by molar-refractivity contribution is 5.79. The molecule has 0 heterocycles. The molecule has 0 atom stereocenters. The van der Waals surface area contributed by atoms with Crippen LogP contribution in [0.3, 0.4) is 0 Å². The third-order valence-corrected chi connectivity index (χ3v) is 2.85. The van der Waals surface area contributed by atoms with Crippen molar-refractivity contribution >= 4 is 5.96 Å². The normalized spacial score (nSPS) is 11.3. The van der Waals surface area contributed by atoms with Crippen LogP contribution in [0.5, 0.6) is 5.75 Å². The van der Waals surface area contributed by atoms with Crippen LogP contribution in [-0.4, -0.2) is 51.8 Å². The van der Waals surface area contributed by atoms with E-state index in [2.05, 4.69) is 28.2 Å². The summed E-state index contributed by atoms with van der Waals surface area (Å²) in [5.74, 6) is 1.77. The second-order valence-corrected chi connectivity index (χ2v) is 4.40. The maximum atomic E-state index is 5.38. The summed E-state index contributed by atoms with van der Waals surface area (Å²) in [7, 11) is 5.39. The fourth-order valence-corrected chi connectivity index (χ4v) is 1.88. The molecule has 0 unspecified atom stereocenters. The molecule has 1 aromatic carbocycles. The van der Waals surface area contributed by atoms with Crippen LogP contribution in [0.1, 0.15) is 12.5 Å². The van der Waals surface area contributed by atoms with E-state index in [9.17, 15) is 0 Å². The molecule has 0 spiro atoms. The van der Waals surface area contributed by atoms with Gasteiger partial charge < -0.3 is 19.7 Å². The standard InChI is InChI=1S/C15H25N3O2/c1-5-16-15(17-10-11-19-3)18(2)12-13-8-6-7-9-14(13)20-4/h6-9H,5,10-12H2,1-4H3,(H,16,17). The number of para-hydroxylation sites is 1. The minimum absolute atomic E-state index is 0.622. The van der Waals surface area contributed by atoms with Crippen LogP contribution >= 0.6 is 0 Å². The lowest BCUT2D eigenvalue weighted by Crippen LogP contribution is -2.38. The van der Waals surface area contributed by atoms with Crippen LogP contribution in [0.2, 0.25) is 0 Å². The Balaban J connectivity index is 2.74. The van der Waals surface area contributed by atoms with Gasteiger partial charge in [-0.05, 0) is 13.0 Å². The summed E-state index contributed by atoms with van der Waals surface area (Å²) in [4.78, 5) is 6.60. The molecule has 0 bridgehead atoms. The van der Waals surface area contributed by atoms with E-state index in [1.807, 2.05) is 25.2 Å². The summed E-state index contributed by atoms with van der Waals surface area (Å²) in [6.07, 6.45) is 0. The highest BCUT2D eigenvalue weighted by Crippen LogP contribution is 2.18. The lowest BCUT2D eigenvalue weighted by atomic mass is 10.2. The zero-order valence-corrected chi connectivity index (χ0v) is 12.8. The van der Waals surface area contributed by atoms with Crippen molar-refractivity contribution in [3.63, 3.8) is 0 Å². The lowest BCUT2D eigenvalue weighted by Gasteiger charge is -2.23. The van der Waals surface area contributed by atoms with Gasteiger partial charge in [-0.2, -0.15) is 0 Å². The zero-order valence-electron chi connectivity index (χ0n) is 12.8. The fourth-order valence-electron chi connectivity index (χ4n) is 1.88. The van der Waals surface area contributed by atoms with Crippen molar-refractivity contribution in [3.05, 3.63) is 29.8 Å². The van der Waals surface area contributed by atoms with Gasteiger partial charge in [-0.25, -0.2) is 0 Å². The van der Waals surface area contributed by atoms with E-state index in [0.717, 1.165) is 30.4 Å². The second-order valence-electron chi connectivity index (χ2n) is 4.40. The van der Waals surface area contributed by atoms with Crippen molar-refractivity contribution < 1.29 is 9.47 Å². The van der Waals surface area contributed by atoms with Gasteiger partial charge in [-0.3, -0.25) is 4.99 Å². The Labute approximate surface area is 121 Å². The number of hydrogen-bond donors (Lipinski definition) is 1. The quantitative estimate of drug-likeness (QED) is 0.469. The Hall–Kier alpha value is -1.75. The molecule has 1 aromatic rings. The number of methoxy groups -OCH3 is 2. The maximum Gasteiger partial charge on any atom is 0.194 e. The van der Waals surface area contributed by atoms with Gasteiger partial charge in [-0.15, -0.1) is 0 Å². The molecule has 20 heavy (non-hydrogen) atoms. The fraction of sp³-hybridized carbons (Fsp3) is 0.533. The van der Waals surface area contributed by atoms with E-state index in [-0.39, 0.29) is 0 Å². The topological polar surface area (TPSA) is 46.1 Å². The second kappa shape index (κ2) is 9.20. The summed E-state index contributed by atoms with van der Waals surface area (Å²) in [5, 5.41) is 3.28. The highest BCUT2D eigenvalue weighted by atomic mass is 16.5. The number of hydrogen-bond acceptors (Lipinski definition) is 3. The molecule has 0 saturated carbocycles. The summed E-state index contributed by atoms with van der Waals surface area (Å²) in [6, 6.07) is 8.02. The van der Waals surface area contributed by atoms with Gasteiger partial charge >= 0.3 is 0 Å². The van der Waals surface area contributed by atoms with E-state index in [0.29, 0.717) is 13.2 Å². The van der Waals surface area contributed by atoms with Crippen molar-refractivity contribution in [3.8, 4) is 5.75 Å². The van der Waals surface area contributed by atoms with Crippen molar-refractivity contribution in [1.29, 1.82) is 0 Å². The Morgan fingerprint density at radius 2 is 2.05 bits per heavy atom. The van der Waals surface area contributed by atoms with Gasteiger partial charge in [0.1, 0.15) is 5.75 Å². The summed E-state index contributed by atoms with van der Waals surface area (Å²) >= 11 is 0. The molecule has 0 aliphatic heterocycles. The molecule has 5 heteroatoms. The third kappa shape index (κ3) is 5.09. The third-order valence-electron chi connectivity index (χ3n) is 2.85. The van der Waals surface area contributed by atoms with Crippen molar-refractivity contribution in [2.45, 2.75) is 13.5 Å². The summed E-state index contributed by atoms with van der Waals surface area (Å²) in [6.45, 7) is 4.90. The van der Waals surface area contributed by atoms with E-state index < -0.39 is 0 Å². The van der Waals surface area contributed by atoms with E-state index >= 15 is 0 Å². The molecule has 112 valence electrons.